The molecule has 0 radical (unpaired) electrons. The number of nitrogens with one attached hydrogen (secondary N) is 2. The first-order valence-corrected chi connectivity index (χ1v) is 29.2. The van der Waals surface area contributed by atoms with E-state index < -0.39 is 194 Å². The lowest BCUT2D eigenvalue weighted by atomic mass is 9.85. The second kappa shape index (κ2) is 30.8. The average molecular weight is 1180 g/mol. The van der Waals surface area contributed by atoms with Crippen LogP contribution in [0.25, 0.3) is 0 Å². The lowest BCUT2D eigenvalue weighted by molar-refractivity contribution is -0.299. The minimum absolute atomic E-state index is 0.111. The van der Waals surface area contributed by atoms with Crippen molar-refractivity contribution < 1.29 is 131 Å². The average Bonchev–Trinajstić information content (AvgIpc) is 3.36. The highest BCUT2D eigenvalue weighted by atomic mass is 31.2. The molecule has 32 heteroatoms. The molecule has 0 aromatic carbocycles. The summed E-state index contributed by atoms with van der Waals surface area (Å²) in [6, 6.07) is -2.10. The van der Waals surface area contributed by atoms with E-state index in [0.29, 0.717) is 0 Å². The van der Waals surface area contributed by atoms with Gasteiger partial charge >= 0.3 is 15.4 Å². The summed E-state index contributed by atoms with van der Waals surface area (Å²) in [7, 11) is -3.99. The van der Waals surface area contributed by atoms with Crippen molar-refractivity contribution in [1.82, 2.24) is 15.5 Å². The van der Waals surface area contributed by atoms with Gasteiger partial charge in [-0.2, -0.15) is 0 Å². The number of likely N-dealkylation sites (N-methyl/N-ethyl adjacent to an activating group) is 1. The standard InChI is InChI=1S/C46H87N3O27P2/c1-22-24(3)73-31(36(48-26(5)52)42(22)67-19-34-39(57)41(59)44(60)46(6,76-34)21-65-9)17-66-14-27-30(13-50)74-32(35(37(27)55)47-25(4)51)18-68-43-23(2)45(69-15-28(53)38(56)29(54)16-71-77(10,61)62)75-33(40(43)58)20-72-78(63,64)70-12-11-49(7)8/h22-24,27-45,50,53-60H,11-21H2,1-10H3,(H,47,51)(H,48,52)(H,61,62)(H,63,64)/t22-,23?,24?,27-,28?,29?,30?,31+,32+,33?,34-,35?,36?,37+,38?,39?,40-,41-,42+,43-,44-,45+,46?/m0/s1. The number of nitrogens with zero attached hydrogens (tertiary/aromatic N) is 1. The summed E-state index contributed by atoms with van der Waals surface area (Å²) in [5.41, 5.74) is -1.39. The third-order valence-corrected chi connectivity index (χ3v) is 15.9. The van der Waals surface area contributed by atoms with Crippen molar-refractivity contribution in [3.8, 4) is 0 Å². The van der Waals surface area contributed by atoms with Crippen LogP contribution in [-0.2, 0) is 74.9 Å². The van der Waals surface area contributed by atoms with Crippen LogP contribution in [0.15, 0.2) is 0 Å². The fraction of sp³-hybridized carbons (Fsp3) is 0.957. The van der Waals surface area contributed by atoms with Crippen LogP contribution in [0.2, 0.25) is 0 Å². The van der Waals surface area contributed by atoms with Crippen molar-refractivity contribution in [3.63, 3.8) is 0 Å². The molecule has 4 saturated heterocycles. The Labute approximate surface area is 453 Å². The van der Waals surface area contributed by atoms with Gasteiger partial charge in [0.2, 0.25) is 11.8 Å². The van der Waals surface area contributed by atoms with Crippen LogP contribution in [0.5, 0.6) is 0 Å². The minimum atomic E-state index is -4.74. The Kier molecular flexibility index (Phi) is 27.2. The van der Waals surface area contributed by atoms with Gasteiger partial charge in [-0.05, 0) is 27.9 Å². The van der Waals surface area contributed by atoms with Gasteiger partial charge in [-0.3, -0.25) is 23.2 Å². The zero-order valence-electron chi connectivity index (χ0n) is 45.8. The van der Waals surface area contributed by atoms with E-state index in [-0.39, 0.29) is 45.5 Å². The Morgan fingerprint density at radius 1 is 0.692 bits per heavy atom. The molecule has 2 amide bonds. The molecule has 4 rings (SSSR count). The van der Waals surface area contributed by atoms with Crippen LogP contribution < -0.4 is 10.6 Å². The number of phosphoric ester groups is 1. The maximum atomic E-state index is 12.8. The number of carbonyl (C=O) groups is 2. The number of aliphatic hydroxyl groups excluding tert-OH is 9. The number of hydrogen-bond donors (Lipinski definition) is 13. The third-order valence-electron chi connectivity index (χ3n) is 14.3. The Morgan fingerprint density at radius 3 is 1.90 bits per heavy atom. The molecule has 4 fully saturated rings. The molecular weight excluding hydrogens is 1090 g/mol. The highest BCUT2D eigenvalue weighted by molar-refractivity contribution is 7.51. The predicted molar refractivity (Wildman–Crippen MR) is 267 cm³/mol. The molecule has 0 aromatic rings. The smallest absolute Gasteiger partial charge is 0.394 e. The summed E-state index contributed by atoms with van der Waals surface area (Å²) < 4.78 is 93.4. The normalized spacial score (nSPS) is 39.4. The second-order valence-corrected chi connectivity index (χ2v) is 24.4. The predicted octanol–water partition coefficient (Wildman–Crippen LogP) is -4.82. The van der Waals surface area contributed by atoms with Crippen LogP contribution in [0, 0.1) is 17.8 Å². The molecule has 25 atom stereocenters. The van der Waals surface area contributed by atoms with Gasteiger partial charge < -0.3 is 118 Å². The summed E-state index contributed by atoms with van der Waals surface area (Å²) >= 11 is 0. The first kappa shape index (κ1) is 68.9. The number of aliphatic hydroxyl groups is 9. The second-order valence-electron chi connectivity index (χ2n) is 21.1. The van der Waals surface area contributed by atoms with Gasteiger partial charge in [-0.25, -0.2) is 4.57 Å². The van der Waals surface area contributed by atoms with Crippen molar-refractivity contribution in [3.05, 3.63) is 0 Å². The first-order valence-electron chi connectivity index (χ1n) is 25.7. The zero-order valence-corrected chi connectivity index (χ0v) is 47.6. The lowest BCUT2D eigenvalue weighted by Gasteiger charge is -2.49. The topological polar surface area (TPSA) is 429 Å². The highest BCUT2D eigenvalue weighted by Gasteiger charge is 2.53. The van der Waals surface area contributed by atoms with Gasteiger partial charge in [-0.15, -0.1) is 0 Å². The fourth-order valence-corrected chi connectivity index (χ4v) is 10.9. The molecule has 0 bridgehead atoms. The van der Waals surface area contributed by atoms with Crippen LogP contribution in [-0.4, -0.2) is 295 Å². The number of ether oxygens (including phenoxy) is 9. The van der Waals surface area contributed by atoms with E-state index in [1.165, 1.54) is 34.8 Å². The van der Waals surface area contributed by atoms with Gasteiger partial charge in [0.25, 0.3) is 0 Å². The van der Waals surface area contributed by atoms with Crippen molar-refractivity contribution in [2.24, 2.45) is 17.8 Å². The Morgan fingerprint density at radius 2 is 1.29 bits per heavy atom. The molecule has 0 spiro atoms. The summed E-state index contributed by atoms with van der Waals surface area (Å²) in [6.07, 6.45) is -23.3. The number of methoxy groups -OCH3 is 1. The molecule has 13 unspecified atom stereocenters. The SMILES string of the molecule is COCC1(C)O[C@@H](CO[C@H]2C(NC(C)=O)[C@@H](COC[C@H]3C(CO)O[C@H](CO[C@H]4C(C)[C@H](OCC(O)C(O)C(O)COP(C)(=O)O)OC(COP(=O)(O)OCCN(C)C)[C@@H]4O)C(NC(C)=O)[C@@H]3O)OC(C)[C@@H]2C)C(O)[C@H](O)[C@@H]1O. The Bertz CT molecular complexity index is 1930. The summed E-state index contributed by atoms with van der Waals surface area (Å²) in [6.45, 7) is 5.62. The van der Waals surface area contributed by atoms with Gasteiger partial charge in [0.15, 0.2) is 6.29 Å². The van der Waals surface area contributed by atoms with Gasteiger partial charge in [-0.1, -0.05) is 13.8 Å². The molecule has 0 aromatic heterocycles. The maximum Gasteiger partial charge on any atom is 0.472 e. The van der Waals surface area contributed by atoms with Crippen LogP contribution >= 0.6 is 15.4 Å². The molecule has 0 aliphatic carbocycles. The van der Waals surface area contributed by atoms with Crippen molar-refractivity contribution in [2.75, 3.05) is 100 Å². The van der Waals surface area contributed by atoms with E-state index in [2.05, 4.69) is 15.2 Å². The molecule has 458 valence electrons. The third kappa shape index (κ3) is 19.5. The minimum Gasteiger partial charge on any atom is -0.394 e. The van der Waals surface area contributed by atoms with Crippen molar-refractivity contribution in [2.45, 2.75) is 163 Å². The molecule has 0 saturated carbocycles. The zero-order chi connectivity index (χ0) is 58.6. The van der Waals surface area contributed by atoms with Crippen molar-refractivity contribution in [1.29, 1.82) is 0 Å². The van der Waals surface area contributed by atoms with E-state index in [0.717, 1.165) is 6.66 Å². The Hall–Kier alpha value is -1.56. The summed E-state index contributed by atoms with van der Waals surface area (Å²) in [5, 5.41) is 103. The quantitative estimate of drug-likeness (QED) is 0.0300. The van der Waals surface area contributed by atoms with Crippen molar-refractivity contribution >= 4 is 27.2 Å². The van der Waals surface area contributed by atoms with Crippen LogP contribution in [0.1, 0.15) is 41.5 Å². The van der Waals surface area contributed by atoms with E-state index >= 15 is 0 Å². The summed E-state index contributed by atoms with van der Waals surface area (Å²) in [4.78, 5) is 46.8. The molecule has 78 heavy (non-hydrogen) atoms. The van der Waals surface area contributed by atoms with E-state index in [9.17, 15) is 74.5 Å². The highest BCUT2D eigenvalue weighted by Crippen LogP contribution is 2.44. The maximum absolute atomic E-state index is 12.8. The number of hydrogen-bond acceptors (Lipinski definition) is 26. The largest absolute Gasteiger partial charge is 0.472 e. The van der Waals surface area contributed by atoms with Gasteiger partial charge in [0, 0.05) is 51.9 Å². The lowest BCUT2D eigenvalue weighted by Crippen LogP contribution is -2.66. The molecule has 4 heterocycles. The van der Waals surface area contributed by atoms with Gasteiger partial charge in [0.05, 0.1) is 109 Å². The first-order chi connectivity index (χ1) is 36.3. The van der Waals surface area contributed by atoms with Crippen LogP contribution in [0.3, 0.4) is 0 Å². The van der Waals surface area contributed by atoms with E-state index in [4.69, 9.17) is 51.7 Å². The number of amides is 2. The molecule has 4 aliphatic heterocycles. The fourth-order valence-electron chi connectivity index (χ4n) is 9.72. The molecule has 13 N–H and O–H groups in total. The monoisotopic (exact) mass is 1180 g/mol. The van der Waals surface area contributed by atoms with E-state index in [1.807, 2.05) is 6.92 Å². The van der Waals surface area contributed by atoms with Crippen LogP contribution in [0.4, 0.5) is 0 Å². The number of carbonyl (C=O) groups excluding carboxylic acids is 2. The summed E-state index contributed by atoms with van der Waals surface area (Å²) in [5.74, 6) is -3.41. The number of rotatable bonds is 30. The molecular formula is C46H87N3O27P2. The number of phosphoric acid groups is 1. The molecule has 30 nitrogen and oxygen atoms in total. The molecule has 4 aliphatic rings. The van der Waals surface area contributed by atoms with E-state index in [1.54, 1.807) is 25.9 Å². The Balaban J connectivity index is 1.49. The van der Waals surface area contributed by atoms with Gasteiger partial charge in [0.1, 0.15) is 72.7 Å².